The summed E-state index contributed by atoms with van der Waals surface area (Å²) in [4.78, 5) is 0. The Morgan fingerprint density at radius 3 is 2.04 bits per heavy atom. The molecule has 3 aromatic rings. The largest absolute Gasteiger partial charge is 0.497 e. The zero-order valence-electron chi connectivity index (χ0n) is 12.3. The van der Waals surface area contributed by atoms with Crippen LogP contribution in [0, 0.1) is 11.6 Å². The van der Waals surface area contributed by atoms with Crippen LogP contribution >= 0.6 is 11.6 Å². The average molecular weight is 331 g/mol. The molecule has 1 nitrogen and oxygen atoms in total. The van der Waals surface area contributed by atoms with Gasteiger partial charge in [0.25, 0.3) is 0 Å². The van der Waals surface area contributed by atoms with Gasteiger partial charge in [-0.2, -0.15) is 0 Å². The Labute approximate surface area is 138 Å². The maximum atomic E-state index is 14.2. The highest BCUT2D eigenvalue weighted by Gasteiger charge is 2.10. The van der Waals surface area contributed by atoms with Crippen LogP contribution in [0.25, 0.3) is 22.3 Å². The van der Waals surface area contributed by atoms with Crippen molar-refractivity contribution in [3.63, 3.8) is 0 Å². The van der Waals surface area contributed by atoms with Gasteiger partial charge in [-0.05, 0) is 41.5 Å². The lowest BCUT2D eigenvalue weighted by molar-refractivity contribution is 0.411. The molecule has 0 saturated heterocycles. The lowest BCUT2D eigenvalue weighted by Crippen LogP contribution is -1.89. The molecule has 0 N–H and O–H groups in total. The molecule has 0 aromatic heterocycles. The molecule has 4 heteroatoms. The fourth-order valence-electron chi connectivity index (χ4n) is 2.40. The van der Waals surface area contributed by atoms with E-state index in [0.717, 1.165) is 11.1 Å². The van der Waals surface area contributed by atoms with Gasteiger partial charge in [0.05, 0.1) is 7.11 Å². The first kappa shape index (κ1) is 15.5. The van der Waals surface area contributed by atoms with Gasteiger partial charge in [0.1, 0.15) is 17.4 Å². The lowest BCUT2D eigenvalue weighted by Gasteiger charge is -2.09. The van der Waals surface area contributed by atoms with Crippen LogP contribution in [-0.4, -0.2) is 7.11 Å². The molecule has 0 fully saturated rings. The third-order valence-corrected chi connectivity index (χ3v) is 3.92. The number of hydrogen-bond donors (Lipinski definition) is 0. The fourth-order valence-corrected chi connectivity index (χ4v) is 2.69. The topological polar surface area (TPSA) is 9.23 Å². The summed E-state index contributed by atoms with van der Waals surface area (Å²) in [6, 6.07) is 16.0. The molecule has 0 atom stereocenters. The smallest absolute Gasteiger partial charge is 0.134 e. The van der Waals surface area contributed by atoms with Crippen molar-refractivity contribution in [2.45, 2.75) is 0 Å². The highest BCUT2D eigenvalue weighted by molar-refractivity contribution is 6.33. The van der Waals surface area contributed by atoms with E-state index in [0.29, 0.717) is 21.9 Å². The van der Waals surface area contributed by atoms with E-state index in [2.05, 4.69) is 0 Å². The highest BCUT2D eigenvalue weighted by atomic mass is 35.5. The maximum Gasteiger partial charge on any atom is 0.134 e. The summed E-state index contributed by atoms with van der Waals surface area (Å²) in [5, 5.41) is 0.476. The van der Waals surface area contributed by atoms with Crippen molar-refractivity contribution in [1.29, 1.82) is 0 Å². The van der Waals surface area contributed by atoms with E-state index in [4.69, 9.17) is 16.3 Å². The lowest BCUT2D eigenvalue weighted by atomic mass is 9.99. The van der Waals surface area contributed by atoms with E-state index in [1.165, 1.54) is 25.3 Å². The first-order chi connectivity index (χ1) is 11.1. The van der Waals surface area contributed by atoms with E-state index < -0.39 is 0 Å². The predicted molar refractivity (Wildman–Crippen MR) is 88.8 cm³/mol. The molecule has 3 aromatic carbocycles. The molecule has 0 unspecified atom stereocenters. The molecule has 0 aliphatic rings. The second kappa shape index (κ2) is 6.39. The average Bonchev–Trinajstić information content (AvgIpc) is 2.55. The Hall–Kier alpha value is -2.39. The molecule has 3 rings (SSSR count). The molecule has 23 heavy (non-hydrogen) atoms. The van der Waals surface area contributed by atoms with Gasteiger partial charge in [-0.15, -0.1) is 0 Å². The third kappa shape index (κ3) is 3.20. The molecule has 0 aliphatic carbocycles. The van der Waals surface area contributed by atoms with Gasteiger partial charge in [-0.3, -0.25) is 0 Å². The van der Waals surface area contributed by atoms with Gasteiger partial charge in [-0.25, -0.2) is 8.78 Å². The number of benzene rings is 3. The van der Waals surface area contributed by atoms with E-state index in [1.807, 2.05) is 0 Å². The first-order valence-electron chi connectivity index (χ1n) is 6.98. The number of ether oxygens (including phenoxy) is 1. The zero-order chi connectivity index (χ0) is 16.4. The van der Waals surface area contributed by atoms with Crippen LogP contribution in [0.1, 0.15) is 0 Å². The number of rotatable bonds is 3. The van der Waals surface area contributed by atoms with Crippen LogP contribution in [0.4, 0.5) is 8.78 Å². The SMILES string of the molecule is COc1ccc(-c2ccc(-c3ccc(F)cc3)c(Cl)c2)c(F)c1. The van der Waals surface area contributed by atoms with E-state index in [-0.39, 0.29) is 11.6 Å². The predicted octanol–water partition coefficient (Wildman–Crippen LogP) is 5.96. The minimum atomic E-state index is -0.380. The van der Waals surface area contributed by atoms with Gasteiger partial charge >= 0.3 is 0 Å². The van der Waals surface area contributed by atoms with Crippen LogP contribution in [0.3, 0.4) is 0 Å². The van der Waals surface area contributed by atoms with E-state index in [1.54, 1.807) is 42.5 Å². The van der Waals surface area contributed by atoms with Crippen molar-refractivity contribution in [1.82, 2.24) is 0 Å². The molecule has 0 radical (unpaired) electrons. The summed E-state index contributed by atoms with van der Waals surface area (Å²) in [6.45, 7) is 0. The molecular weight excluding hydrogens is 318 g/mol. The van der Waals surface area contributed by atoms with Crippen molar-refractivity contribution < 1.29 is 13.5 Å². The number of hydrogen-bond acceptors (Lipinski definition) is 1. The van der Waals surface area contributed by atoms with Gasteiger partial charge in [-0.1, -0.05) is 35.9 Å². The Morgan fingerprint density at radius 1 is 0.783 bits per heavy atom. The van der Waals surface area contributed by atoms with Gasteiger partial charge in [0, 0.05) is 22.2 Å². The standard InChI is InChI=1S/C19H13ClF2O/c1-23-15-7-9-17(19(22)11-15)13-4-8-16(18(20)10-13)12-2-5-14(21)6-3-12/h2-11H,1H3. The Kier molecular flexibility index (Phi) is 4.30. The monoisotopic (exact) mass is 330 g/mol. The molecule has 0 spiro atoms. The summed E-state index contributed by atoms with van der Waals surface area (Å²) in [5.74, 6) is -0.225. The summed E-state index contributed by atoms with van der Waals surface area (Å²) in [6.07, 6.45) is 0. The van der Waals surface area contributed by atoms with Crippen molar-refractivity contribution >= 4 is 11.6 Å². The van der Waals surface area contributed by atoms with E-state index >= 15 is 0 Å². The molecule has 116 valence electrons. The van der Waals surface area contributed by atoms with Gasteiger partial charge in [0.15, 0.2) is 0 Å². The van der Waals surface area contributed by atoms with E-state index in [9.17, 15) is 8.78 Å². The summed E-state index contributed by atoms with van der Waals surface area (Å²) in [5.41, 5.74) is 2.68. The summed E-state index contributed by atoms with van der Waals surface area (Å²) < 4.78 is 32.2. The second-order valence-corrected chi connectivity index (χ2v) is 5.45. The van der Waals surface area contributed by atoms with Crippen LogP contribution in [0.2, 0.25) is 5.02 Å². The van der Waals surface area contributed by atoms with Gasteiger partial charge in [0.2, 0.25) is 0 Å². The Balaban J connectivity index is 2.00. The van der Waals surface area contributed by atoms with Crippen LogP contribution in [0.5, 0.6) is 5.75 Å². The van der Waals surface area contributed by atoms with Crippen molar-refractivity contribution in [3.8, 4) is 28.0 Å². The summed E-state index contributed by atoms with van der Waals surface area (Å²) >= 11 is 6.32. The molecular formula is C19H13ClF2O. The quantitative estimate of drug-likeness (QED) is 0.575. The minimum Gasteiger partial charge on any atom is -0.497 e. The highest BCUT2D eigenvalue weighted by Crippen LogP contribution is 2.34. The third-order valence-electron chi connectivity index (χ3n) is 3.61. The van der Waals surface area contributed by atoms with Gasteiger partial charge < -0.3 is 4.74 Å². The maximum absolute atomic E-state index is 14.2. The number of methoxy groups -OCH3 is 1. The Bertz CT molecular complexity index is 844. The second-order valence-electron chi connectivity index (χ2n) is 5.05. The fraction of sp³-hybridized carbons (Fsp3) is 0.0526. The zero-order valence-corrected chi connectivity index (χ0v) is 13.1. The van der Waals surface area contributed by atoms with Crippen molar-refractivity contribution in [2.24, 2.45) is 0 Å². The first-order valence-corrected chi connectivity index (χ1v) is 7.35. The molecule has 0 bridgehead atoms. The number of halogens is 3. The normalized spacial score (nSPS) is 10.6. The molecule has 0 heterocycles. The van der Waals surface area contributed by atoms with Crippen LogP contribution in [0.15, 0.2) is 60.7 Å². The minimum absolute atomic E-state index is 0.304. The Morgan fingerprint density at radius 2 is 1.43 bits per heavy atom. The van der Waals surface area contributed by atoms with Crippen molar-refractivity contribution in [2.75, 3.05) is 7.11 Å². The molecule has 0 aliphatic heterocycles. The van der Waals surface area contributed by atoms with Crippen LogP contribution in [-0.2, 0) is 0 Å². The molecule has 0 amide bonds. The van der Waals surface area contributed by atoms with Crippen LogP contribution < -0.4 is 4.74 Å². The summed E-state index contributed by atoms with van der Waals surface area (Å²) in [7, 11) is 1.49. The van der Waals surface area contributed by atoms with Crippen molar-refractivity contribution in [3.05, 3.63) is 77.3 Å². The molecule has 0 saturated carbocycles.